The summed E-state index contributed by atoms with van der Waals surface area (Å²) in [6.07, 6.45) is 1.51. The molecule has 14 heavy (non-hydrogen) atoms. The Morgan fingerprint density at radius 3 is 3.00 bits per heavy atom. The Morgan fingerprint density at radius 1 is 1.43 bits per heavy atom. The fourth-order valence-corrected chi connectivity index (χ4v) is 1.24. The quantitative estimate of drug-likeness (QED) is 0.767. The van der Waals surface area contributed by atoms with Gasteiger partial charge in [-0.3, -0.25) is 4.57 Å². The molecule has 0 fully saturated rings. The molecule has 2 rings (SSSR count). The van der Waals surface area contributed by atoms with E-state index in [1.807, 2.05) is 0 Å². The maximum Gasteiger partial charge on any atom is 0.151 e. The first-order chi connectivity index (χ1) is 6.81. The number of hydrogen-bond acceptors (Lipinski definition) is 3. The van der Waals surface area contributed by atoms with Crippen molar-refractivity contribution < 1.29 is 4.39 Å². The van der Waals surface area contributed by atoms with Crippen LogP contribution in [0, 0.1) is 5.82 Å². The number of halogens is 1. The van der Waals surface area contributed by atoms with Crippen molar-refractivity contribution in [2.24, 2.45) is 5.73 Å². The SMILES string of the molecule is NCc1nncn1-c1cccc(F)c1. The molecule has 0 atom stereocenters. The lowest BCUT2D eigenvalue weighted by Gasteiger charge is -2.04. The molecule has 0 amide bonds. The predicted molar refractivity (Wildman–Crippen MR) is 49.2 cm³/mol. The Morgan fingerprint density at radius 2 is 2.29 bits per heavy atom. The van der Waals surface area contributed by atoms with Gasteiger partial charge in [0.1, 0.15) is 12.1 Å². The van der Waals surface area contributed by atoms with E-state index >= 15 is 0 Å². The van der Waals surface area contributed by atoms with Crippen LogP contribution < -0.4 is 5.73 Å². The molecule has 0 aliphatic rings. The largest absolute Gasteiger partial charge is 0.324 e. The molecule has 0 bridgehead atoms. The van der Waals surface area contributed by atoms with Crippen LogP contribution in [0.15, 0.2) is 30.6 Å². The molecule has 0 aliphatic carbocycles. The Labute approximate surface area is 80.2 Å². The molecular formula is C9H9FN4. The summed E-state index contributed by atoms with van der Waals surface area (Å²) in [5.41, 5.74) is 6.13. The van der Waals surface area contributed by atoms with Crippen LogP contribution >= 0.6 is 0 Å². The first kappa shape index (κ1) is 8.83. The molecule has 1 aromatic heterocycles. The van der Waals surface area contributed by atoms with Crippen LogP contribution in [0.2, 0.25) is 0 Å². The topological polar surface area (TPSA) is 56.7 Å². The van der Waals surface area contributed by atoms with Gasteiger partial charge in [0.15, 0.2) is 5.82 Å². The van der Waals surface area contributed by atoms with Crippen LogP contribution in [-0.2, 0) is 6.54 Å². The predicted octanol–water partition coefficient (Wildman–Crippen LogP) is 0.865. The van der Waals surface area contributed by atoms with E-state index in [1.165, 1.54) is 18.5 Å². The van der Waals surface area contributed by atoms with E-state index in [1.54, 1.807) is 16.7 Å². The summed E-state index contributed by atoms with van der Waals surface area (Å²) in [6.45, 7) is 0.274. The average molecular weight is 192 g/mol. The molecule has 0 saturated heterocycles. The maximum absolute atomic E-state index is 12.9. The highest BCUT2D eigenvalue weighted by molar-refractivity contribution is 5.32. The zero-order valence-corrected chi connectivity index (χ0v) is 7.39. The van der Waals surface area contributed by atoms with Crippen molar-refractivity contribution in [3.63, 3.8) is 0 Å². The lowest BCUT2D eigenvalue weighted by atomic mass is 10.3. The molecule has 0 aliphatic heterocycles. The average Bonchev–Trinajstić information content (AvgIpc) is 2.65. The summed E-state index contributed by atoms with van der Waals surface area (Å²) in [5.74, 6) is 0.315. The number of benzene rings is 1. The van der Waals surface area contributed by atoms with Gasteiger partial charge in [-0.05, 0) is 18.2 Å². The zero-order valence-electron chi connectivity index (χ0n) is 7.39. The molecule has 2 N–H and O–H groups in total. The molecule has 5 heteroatoms. The standard InChI is InChI=1S/C9H9FN4/c10-7-2-1-3-8(4-7)14-6-12-13-9(14)5-11/h1-4,6H,5,11H2. The third-order valence-corrected chi connectivity index (χ3v) is 1.89. The monoisotopic (exact) mass is 192 g/mol. The summed E-state index contributed by atoms with van der Waals surface area (Å²) in [4.78, 5) is 0. The van der Waals surface area contributed by atoms with E-state index < -0.39 is 0 Å². The van der Waals surface area contributed by atoms with Gasteiger partial charge in [-0.25, -0.2) is 4.39 Å². The van der Waals surface area contributed by atoms with Gasteiger partial charge in [0.2, 0.25) is 0 Å². The summed E-state index contributed by atoms with van der Waals surface area (Å²) in [7, 11) is 0. The lowest BCUT2D eigenvalue weighted by molar-refractivity contribution is 0.626. The van der Waals surface area contributed by atoms with Gasteiger partial charge in [0.25, 0.3) is 0 Å². The second-order valence-electron chi connectivity index (χ2n) is 2.80. The fraction of sp³-hybridized carbons (Fsp3) is 0.111. The summed E-state index contributed by atoms with van der Waals surface area (Å²) < 4.78 is 14.6. The number of aromatic nitrogens is 3. The van der Waals surface area contributed by atoms with E-state index in [-0.39, 0.29) is 12.4 Å². The normalized spacial score (nSPS) is 10.4. The second kappa shape index (κ2) is 3.55. The molecular weight excluding hydrogens is 183 g/mol. The van der Waals surface area contributed by atoms with Gasteiger partial charge in [-0.1, -0.05) is 6.07 Å². The van der Waals surface area contributed by atoms with Crippen molar-refractivity contribution in [1.29, 1.82) is 0 Å². The van der Waals surface area contributed by atoms with Crippen LogP contribution in [0.4, 0.5) is 4.39 Å². The molecule has 4 nitrogen and oxygen atoms in total. The smallest absolute Gasteiger partial charge is 0.151 e. The number of nitrogens with two attached hydrogens (primary N) is 1. The van der Waals surface area contributed by atoms with Crippen molar-refractivity contribution in [2.75, 3.05) is 0 Å². The minimum atomic E-state index is -0.292. The van der Waals surface area contributed by atoms with Gasteiger partial charge < -0.3 is 5.73 Å². The van der Waals surface area contributed by atoms with Gasteiger partial charge in [0, 0.05) is 0 Å². The van der Waals surface area contributed by atoms with Crippen molar-refractivity contribution >= 4 is 0 Å². The minimum Gasteiger partial charge on any atom is -0.324 e. The van der Waals surface area contributed by atoms with Crippen molar-refractivity contribution in [2.45, 2.75) is 6.54 Å². The van der Waals surface area contributed by atoms with Crippen LogP contribution in [0.3, 0.4) is 0 Å². The maximum atomic E-state index is 12.9. The van der Waals surface area contributed by atoms with Crippen molar-refractivity contribution in [1.82, 2.24) is 14.8 Å². The van der Waals surface area contributed by atoms with E-state index in [4.69, 9.17) is 5.73 Å². The van der Waals surface area contributed by atoms with Crippen LogP contribution in [-0.4, -0.2) is 14.8 Å². The molecule has 0 radical (unpaired) electrons. The van der Waals surface area contributed by atoms with E-state index in [9.17, 15) is 4.39 Å². The Kier molecular flexibility index (Phi) is 2.24. The van der Waals surface area contributed by atoms with Gasteiger partial charge in [-0.15, -0.1) is 10.2 Å². The van der Waals surface area contributed by atoms with Crippen LogP contribution in [0.25, 0.3) is 5.69 Å². The molecule has 72 valence electrons. The van der Waals surface area contributed by atoms with Crippen molar-refractivity contribution in [3.8, 4) is 5.69 Å². The summed E-state index contributed by atoms with van der Waals surface area (Å²) >= 11 is 0. The summed E-state index contributed by atoms with van der Waals surface area (Å²) in [6, 6.07) is 6.19. The highest BCUT2D eigenvalue weighted by Gasteiger charge is 2.04. The van der Waals surface area contributed by atoms with E-state index in [2.05, 4.69) is 10.2 Å². The number of rotatable bonds is 2. The molecule has 0 spiro atoms. The minimum absolute atomic E-state index is 0.274. The number of hydrogen-bond donors (Lipinski definition) is 1. The molecule has 1 heterocycles. The highest BCUT2D eigenvalue weighted by Crippen LogP contribution is 2.10. The van der Waals surface area contributed by atoms with Crippen LogP contribution in [0.5, 0.6) is 0 Å². The van der Waals surface area contributed by atoms with Gasteiger partial charge >= 0.3 is 0 Å². The van der Waals surface area contributed by atoms with E-state index in [0.29, 0.717) is 11.5 Å². The first-order valence-corrected chi connectivity index (χ1v) is 4.16. The molecule has 0 saturated carbocycles. The lowest BCUT2D eigenvalue weighted by Crippen LogP contribution is -2.06. The first-order valence-electron chi connectivity index (χ1n) is 4.16. The van der Waals surface area contributed by atoms with Crippen LogP contribution in [0.1, 0.15) is 5.82 Å². The highest BCUT2D eigenvalue weighted by atomic mass is 19.1. The fourth-order valence-electron chi connectivity index (χ4n) is 1.24. The second-order valence-corrected chi connectivity index (χ2v) is 2.80. The zero-order chi connectivity index (χ0) is 9.97. The molecule has 2 aromatic rings. The van der Waals surface area contributed by atoms with Gasteiger partial charge in [0.05, 0.1) is 12.2 Å². The number of nitrogens with zero attached hydrogens (tertiary/aromatic N) is 3. The van der Waals surface area contributed by atoms with Gasteiger partial charge in [-0.2, -0.15) is 0 Å². The third-order valence-electron chi connectivity index (χ3n) is 1.89. The third kappa shape index (κ3) is 1.49. The van der Waals surface area contributed by atoms with Crippen molar-refractivity contribution in [3.05, 3.63) is 42.2 Å². The Balaban J connectivity index is 2.49. The Hall–Kier alpha value is -1.75. The molecule has 1 aromatic carbocycles. The van der Waals surface area contributed by atoms with E-state index in [0.717, 1.165) is 0 Å². The molecule has 0 unspecified atom stereocenters. The Bertz CT molecular complexity index is 438. The summed E-state index contributed by atoms with van der Waals surface area (Å²) in [5, 5.41) is 7.52.